The van der Waals surface area contributed by atoms with E-state index in [2.05, 4.69) is 12.2 Å². The van der Waals surface area contributed by atoms with Gasteiger partial charge in [0.05, 0.1) is 0 Å². The molecule has 0 saturated heterocycles. The molecule has 2 N–H and O–H groups in total. The Kier molecular flexibility index (Phi) is 15.5. The predicted molar refractivity (Wildman–Crippen MR) is 67.7 cm³/mol. The zero-order valence-electron chi connectivity index (χ0n) is 10.1. The number of carboxylic acids is 1. The zero-order valence-corrected chi connectivity index (χ0v) is 12.9. The summed E-state index contributed by atoms with van der Waals surface area (Å²) < 4.78 is 0. The molecule has 1 unspecified atom stereocenters. The Bertz CT molecular complexity index is 158. The summed E-state index contributed by atoms with van der Waals surface area (Å²) in [4.78, 5) is 10.8. The molecule has 5 heteroatoms. The molecule has 0 aromatic heterocycles. The maximum Gasteiger partial charge on any atom is 0.320 e. The monoisotopic (exact) mass is 242 g/mol. The number of carbonyl (C=O) groups is 1. The fraction of sp³-hybridized carbons (Fsp3) is 0.900. The summed E-state index contributed by atoms with van der Waals surface area (Å²) in [6.07, 6.45) is 6.12. The minimum atomic E-state index is -0.726. The van der Waals surface area contributed by atoms with E-state index in [0.29, 0.717) is 6.42 Å². The van der Waals surface area contributed by atoms with Crippen molar-refractivity contribution in [1.82, 2.24) is 5.32 Å². The summed E-state index contributed by atoms with van der Waals surface area (Å²) in [5, 5.41) is 12.0. The van der Waals surface area contributed by atoms with E-state index in [9.17, 15) is 4.79 Å². The Balaban J connectivity index is 0. The summed E-state index contributed by atoms with van der Waals surface area (Å²) in [7, 11) is 0. The smallest absolute Gasteiger partial charge is 0.320 e. The number of unbranched alkanes of at least 4 members (excludes halogenated alkanes) is 2. The molecule has 0 heterocycles. The van der Waals surface area contributed by atoms with E-state index in [0.717, 1.165) is 18.7 Å². The number of thioether (sulfide) groups is 1. The molecular formula is C10H21NNaO2S. The Morgan fingerprint density at radius 3 is 2.60 bits per heavy atom. The van der Waals surface area contributed by atoms with Crippen LogP contribution >= 0.6 is 11.8 Å². The van der Waals surface area contributed by atoms with Crippen LogP contribution in [-0.2, 0) is 4.79 Å². The number of rotatable bonds is 9. The van der Waals surface area contributed by atoms with Crippen molar-refractivity contribution >= 4 is 47.3 Å². The average molecular weight is 242 g/mol. The molecule has 1 radical (unpaired) electrons. The maximum absolute atomic E-state index is 10.8. The molecule has 0 rings (SSSR count). The van der Waals surface area contributed by atoms with Crippen LogP contribution < -0.4 is 5.32 Å². The molecule has 0 aliphatic heterocycles. The van der Waals surface area contributed by atoms with E-state index in [1.165, 1.54) is 12.8 Å². The Morgan fingerprint density at radius 1 is 1.47 bits per heavy atom. The van der Waals surface area contributed by atoms with Gasteiger partial charge in [-0.1, -0.05) is 19.8 Å². The molecule has 0 aromatic rings. The van der Waals surface area contributed by atoms with E-state index in [4.69, 9.17) is 5.11 Å². The molecule has 85 valence electrons. The molecule has 0 aliphatic carbocycles. The number of nitrogens with one attached hydrogen (secondary N) is 1. The number of carboxylic acid groups (broad SMARTS) is 1. The van der Waals surface area contributed by atoms with Crippen LogP contribution in [0.1, 0.15) is 32.6 Å². The third kappa shape index (κ3) is 11.1. The SMILES string of the molecule is CCCCCNC(CCSC)C(=O)O.[Na]. The van der Waals surface area contributed by atoms with E-state index >= 15 is 0 Å². The molecule has 3 nitrogen and oxygen atoms in total. The van der Waals surface area contributed by atoms with Gasteiger partial charge in [-0.2, -0.15) is 11.8 Å². The van der Waals surface area contributed by atoms with Crippen LogP contribution in [0.5, 0.6) is 0 Å². The van der Waals surface area contributed by atoms with Gasteiger partial charge in [-0.25, -0.2) is 0 Å². The second-order valence-corrected chi connectivity index (χ2v) is 4.32. The third-order valence-corrected chi connectivity index (χ3v) is 2.72. The van der Waals surface area contributed by atoms with Crippen LogP contribution in [0.3, 0.4) is 0 Å². The van der Waals surface area contributed by atoms with Gasteiger partial charge in [0, 0.05) is 29.6 Å². The van der Waals surface area contributed by atoms with Crippen LogP contribution in [0.15, 0.2) is 0 Å². The van der Waals surface area contributed by atoms with Gasteiger partial charge < -0.3 is 10.4 Å². The number of aliphatic carboxylic acids is 1. The predicted octanol–water partition coefficient (Wildman–Crippen LogP) is 1.59. The van der Waals surface area contributed by atoms with Crippen molar-refractivity contribution in [3.8, 4) is 0 Å². The van der Waals surface area contributed by atoms with Gasteiger partial charge in [0.1, 0.15) is 6.04 Å². The summed E-state index contributed by atoms with van der Waals surface area (Å²) in [6, 6.07) is -0.362. The molecule has 0 amide bonds. The van der Waals surface area contributed by atoms with E-state index < -0.39 is 5.97 Å². The molecule has 15 heavy (non-hydrogen) atoms. The summed E-state index contributed by atoms with van der Waals surface area (Å²) >= 11 is 1.69. The molecule has 0 bridgehead atoms. The molecule has 1 atom stereocenters. The quantitative estimate of drug-likeness (QED) is 0.476. The summed E-state index contributed by atoms with van der Waals surface area (Å²) in [5.41, 5.74) is 0. The first-order valence-electron chi connectivity index (χ1n) is 5.17. The first-order chi connectivity index (χ1) is 6.72. The van der Waals surface area contributed by atoms with E-state index in [1.54, 1.807) is 11.8 Å². The largest absolute Gasteiger partial charge is 0.480 e. The van der Waals surface area contributed by atoms with E-state index in [-0.39, 0.29) is 35.6 Å². The molecule has 0 fully saturated rings. The van der Waals surface area contributed by atoms with Crippen LogP contribution in [0.2, 0.25) is 0 Å². The van der Waals surface area contributed by atoms with Crippen molar-refractivity contribution < 1.29 is 9.90 Å². The van der Waals surface area contributed by atoms with Crippen LogP contribution in [-0.4, -0.2) is 65.2 Å². The second kappa shape index (κ2) is 12.8. The van der Waals surface area contributed by atoms with Crippen molar-refractivity contribution in [1.29, 1.82) is 0 Å². The summed E-state index contributed by atoms with van der Waals surface area (Å²) in [6.45, 7) is 2.96. The van der Waals surface area contributed by atoms with Gasteiger partial charge in [-0.05, 0) is 31.4 Å². The molecule has 0 saturated carbocycles. The van der Waals surface area contributed by atoms with Gasteiger partial charge in [0.2, 0.25) is 0 Å². The second-order valence-electron chi connectivity index (χ2n) is 3.33. The van der Waals surface area contributed by atoms with Crippen molar-refractivity contribution in [2.75, 3.05) is 18.6 Å². The first kappa shape index (κ1) is 18.2. The van der Waals surface area contributed by atoms with Crippen molar-refractivity contribution in [2.45, 2.75) is 38.6 Å². The summed E-state index contributed by atoms with van der Waals surface area (Å²) in [5.74, 6) is 0.174. The molecular weight excluding hydrogens is 221 g/mol. The first-order valence-corrected chi connectivity index (χ1v) is 6.56. The van der Waals surface area contributed by atoms with Gasteiger partial charge in [-0.15, -0.1) is 0 Å². The molecule has 0 spiro atoms. The van der Waals surface area contributed by atoms with Crippen LogP contribution in [0, 0.1) is 0 Å². The topological polar surface area (TPSA) is 49.3 Å². The van der Waals surface area contributed by atoms with Gasteiger partial charge in [0.25, 0.3) is 0 Å². The number of hydrogen-bond donors (Lipinski definition) is 2. The average Bonchev–Trinajstić information content (AvgIpc) is 2.16. The molecule has 0 aromatic carbocycles. The standard InChI is InChI=1S/C10H21NO2S.Na/c1-3-4-5-7-11-9(10(12)13)6-8-14-2;/h9,11H,3-8H2,1-2H3,(H,12,13);. The zero-order chi connectivity index (χ0) is 10.8. The van der Waals surface area contributed by atoms with Gasteiger partial charge >= 0.3 is 5.97 Å². The van der Waals surface area contributed by atoms with Crippen LogP contribution in [0.25, 0.3) is 0 Å². The minimum absolute atomic E-state index is 0. The fourth-order valence-electron chi connectivity index (χ4n) is 1.20. The fourth-order valence-corrected chi connectivity index (χ4v) is 1.67. The van der Waals surface area contributed by atoms with Gasteiger partial charge in [0.15, 0.2) is 0 Å². The van der Waals surface area contributed by atoms with Crippen molar-refractivity contribution in [2.24, 2.45) is 0 Å². The van der Waals surface area contributed by atoms with Crippen molar-refractivity contribution in [3.63, 3.8) is 0 Å². The Labute approximate surface area is 119 Å². The van der Waals surface area contributed by atoms with Crippen LogP contribution in [0.4, 0.5) is 0 Å². The Morgan fingerprint density at radius 2 is 2.13 bits per heavy atom. The van der Waals surface area contributed by atoms with E-state index in [1.807, 2.05) is 6.26 Å². The van der Waals surface area contributed by atoms with Gasteiger partial charge in [-0.3, -0.25) is 4.79 Å². The third-order valence-electron chi connectivity index (χ3n) is 2.08. The maximum atomic E-state index is 10.8. The Hall–Kier alpha value is 0.780. The minimum Gasteiger partial charge on any atom is -0.480 e. The number of hydrogen-bond acceptors (Lipinski definition) is 3. The molecule has 0 aliphatic rings. The normalized spacial score (nSPS) is 11.9. The van der Waals surface area contributed by atoms with Crippen molar-refractivity contribution in [3.05, 3.63) is 0 Å².